The number of nitrogens with zero attached hydrogens (tertiary/aromatic N) is 3. The van der Waals surface area contributed by atoms with Crippen molar-refractivity contribution in [3.8, 4) is 0 Å². The first-order chi connectivity index (χ1) is 7.29. The van der Waals surface area contributed by atoms with Crippen molar-refractivity contribution in [1.29, 1.82) is 0 Å². The van der Waals surface area contributed by atoms with Gasteiger partial charge in [0.05, 0.1) is 5.25 Å². The van der Waals surface area contributed by atoms with Crippen LogP contribution in [0.5, 0.6) is 0 Å². The molecule has 0 aliphatic carbocycles. The molecule has 0 bridgehead atoms. The van der Waals surface area contributed by atoms with E-state index in [2.05, 4.69) is 15.0 Å². The Balaban J connectivity index is 2.22. The molecule has 0 radical (unpaired) electrons. The average Bonchev–Trinajstić information content (AvgIpc) is 2.29. The lowest BCUT2D eigenvalue weighted by Crippen LogP contribution is -2.11. The van der Waals surface area contributed by atoms with Gasteiger partial charge in [-0.25, -0.2) is 4.98 Å². The summed E-state index contributed by atoms with van der Waals surface area (Å²) in [4.78, 5) is 12.8. The number of aromatic nitrogens is 3. The van der Waals surface area contributed by atoms with Crippen molar-refractivity contribution >= 4 is 17.7 Å². The molecule has 82 valence electrons. The van der Waals surface area contributed by atoms with Crippen LogP contribution < -0.4 is 5.73 Å². The number of hydrogen-bond acceptors (Lipinski definition) is 5. The lowest BCUT2D eigenvalue weighted by Gasteiger charge is -2.20. The molecule has 0 saturated carbocycles. The van der Waals surface area contributed by atoms with Crippen molar-refractivity contribution in [2.45, 2.75) is 37.9 Å². The van der Waals surface area contributed by atoms with Crippen molar-refractivity contribution in [3.63, 3.8) is 0 Å². The van der Waals surface area contributed by atoms with E-state index in [4.69, 9.17) is 5.73 Å². The molecule has 0 amide bonds. The van der Waals surface area contributed by atoms with E-state index in [0.29, 0.717) is 11.2 Å². The molecule has 5 heteroatoms. The van der Waals surface area contributed by atoms with Crippen LogP contribution in [0.2, 0.25) is 0 Å². The summed E-state index contributed by atoms with van der Waals surface area (Å²) in [6.45, 7) is 2.03. The maximum absolute atomic E-state index is 5.67. The fourth-order valence-electron chi connectivity index (χ4n) is 1.70. The SMILES string of the molecule is CCc1nc(N)nc(C2CCCCS2)n1. The van der Waals surface area contributed by atoms with Crippen LogP contribution in [0.25, 0.3) is 0 Å². The molecule has 1 unspecified atom stereocenters. The Morgan fingerprint density at radius 1 is 1.33 bits per heavy atom. The Morgan fingerprint density at radius 2 is 2.20 bits per heavy atom. The normalized spacial score (nSPS) is 21.5. The molecule has 1 aromatic heterocycles. The zero-order valence-corrected chi connectivity index (χ0v) is 9.76. The van der Waals surface area contributed by atoms with E-state index in [1.807, 2.05) is 18.7 Å². The molecule has 1 aliphatic rings. The quantitative estimate of drug-likeness (QED) is 0.832. The minimum atomic E-state index is 0.364. The third kappa shape index (κ3) is 2.59. The van der Waals surface area contributed by atoms with Gasteiger partial charge >= 0.3 is 0 Å². The smallest absolute Gasteiger partial charge is 0.223 e. The molecule has 1 aromatic rings. The number of nitrogens with two attached hydrogens (primary N) is 1. The van der Waals surface area contributed by atoms with Gasteiger partial charge in [-0.15, -0.1) is 0 Å². The van der Waals surface area contributed by atoms with Crippen LogP contribution >= 0.6 is 11.8 Å². The zero-order valence-electron chi connectivity index (χ0n) is 8.94. The van der Waals surface area contributed by atoms with Gasteiger partial charge in [-0.2, -0.15) is 21.7 Å². The van der Waals surface area contributed by atoms with Crippen LogP contribution in [0.3, 0.4) is 0 Å². The number of hydrogen-bond donors (Lipinski definition) is 1. The number of rotatable bonds is 2. The second-order valence-electron chi connectivity index (χ2n) is 3.68. The van der Waals surface area contributed by atoms with Crippen molar-refractivity contribution in [1.82, 2.24) is 15.0 Å². The summed E-state index contributed by atoms with van der Waals surface area (Å²) >= 11 is 1.94. The average molecular weight is 224 g/mol. The van der Waals surface area contributed by atoms with Gasteiger partial charge < -0.3 is 5.73 Å². The number of thioether (sulfide) groups is 1. The highest BCUT2D eigenvalue weighted by atomic mass is 32.2. The largest absolute Gasteiger partial charge is 0.368 e. The highest BCUT2D eigenvalue weighted by Gasteiger charge is 2.19. The third-order valence-corrected chi connectivity index (χ3v) is 3.87. The monoisotopic (exact) mass is 224 g/mol. The van der Waals surface area contributed by atoms with Crippen LogP contribution in [0.1, 0.15) is 43.1 Å². The number of nitrogen functional groups attached to an aromatic ring is 1. The summed E-state index contributed by atoms with van der Waals surface area (Å²) in [7, 11) is 0. The number of anilines is 1. The van der Waals surface area contributed by atoms with Crippen LogP contribution in [0.15, 0.2) is 0 Å². The first-order valence-corrected chi connectivity index (χ1v) is 6.46. The van der Waals surface area contributed by atoms with E-state index in [-0.39, 0.29) is 0 Å². The van der Waals surface area contributed by atoms with E-state index in [1.165, 1.54) is 18.6 Å². The lowest BCUT2D eigenvalue weighted by molar-refractivity contribution is 0.654. The van der Waals surface area contributed by atoms with Gasteiger partial charge in [-0.1, -0.05) is 13.3 Å². The first-order valence-electron chi connectivity index (χ1n) is 5.41. The molecule has 0 spiro atoms. The Hall–Kier alpha value is -0.840. The van der Waals surface area contributed by atoms with Crippen molar-refractivity contribution in [3.05, 3.63) is 11.6 Å². The molecular formula is C10H16N4S. The fourth-order valence-corrected chi connectivity index (χ4v) is 2.95. The fraction of sp³-hybridized carbons (Fsp3) is 0.700. The first kappa shape index (κ1) is 10.7. The van der Waals surface area contributed by atoms with Gasteiger partial charge in [-0.05, 0) is 18.6 Å². The van der Waals surface area contributed by atoms with E-state index in [9.17, 15) is 0 Å². The molecule has 1 fully saturated rings. The minimum absolute atomic E-state index is 0.364. The molecular weight excluding hydrogens is 208 g/mol. The summed E-state index contributed by atoms with van der Waals surface area (Å²) in [6.07, 6.45) is 4.56. The van der Waals surface area contributed by atoms with Gasteiger partial charge in [0.15, 0.2) is 0 Å². The highest BCUT2D eigenvalue weighted by molar-refractivity contribution is 7.99. The lowest BCUT2D eigenvalue weighted by atomic mass is 10.2. The molecule has 0 aromatic carbocycles. The summed E-state index contributed by atoms with van der Waals surface area (Å²) in [5.41, 5.74) is 5.67. The molecule has 2 N–H and O–H groups in total. The standard InChI is InChI=1S/C10H16N4S/c1-2-8-12-9(14-10(11)13-8)7-5-3-4-6-15-7/h7H,2-6H2,1H3,(H2,11,12,13,14). The Morgan fingerprint density at radius 3 is 2.87 bits per heavy atom. The van der Waals surface area contributed by atoms with E-state index < -0.39 is 0 Å². The second kappa shape index (κ2) is 4.79. The maximum Gasteiger partial charge on any atom is 0.223 e. The molecule has 2 heterocycles. The highest BCUT2D eigenvalue weighted by Crippen LogP contribution is 2.36. The van der Waals surface area contributed by atoms with Crippen LogP contribution in [-0.2, 0) is 6.42 Å². The summed E-state index contributed by atoms with van der Waals surface area (Å²) in [6, 6.07) is 0. The van der Waals surface area contributed by atoms with Gasteiger partial charge in [0.1, 0.15) is 11.6 Å². The molecule has 4 nitrogen and oxygen atoms in total. The molecule has 1 saturated heterocycles. The Bertz CT molecular complexity index is 336. The van der Waals surface area contributed by atoms with E-state index in [0.717, 1.165) is 24.5 Å². The predicted molar refractivity (Wildman–Crippen MR) is 62.7 cm³/mol. The Labute approximate surface area is 94.1 Å². The van der Waals surface area contributed by atoms with E-state index >= 15 is 0 Å². The second-order valence-corrected chi connectivity index (χ2v) is 4.99. The van der Waals surface area contributed by atoms with Crippen molar-refractivity contribution in [2.24, 2.45) is 0 Å². The maximum atomic E-state index is 5.67. The summed E-state index contributed by atoms with van der Waals surface area (Å²) < 4.78 is 0. The van der Waals surface area contributed by atoms with Crippen LogP contribution in [-0.4, -0.2) is 20.7 Å². The molecule has 1 atom stereocenters. The summed E-state index contributed by atoms with van der Waals surface area (Å²) in [5.74, 6) is 3.26. The van der Waals surface area contributed by atoms with Gasteiger partial charge in [0, 0.05) is 6.42 Å². The van der Waals surface area contributed by atoms with Crippen LogP contribution in [0, 0.1) is 0 Å². The molecule has 1 aliphatic heterocycles. The van der Waals surface area contributed by atoms with Crippen molar-refractivity contribution < 1.29 is 0 Å². The molecule has 15 heavy (non-hydrogen) atoms. The van der Waals surface area contributed by atoms with Crippen LogP contribution in [0.4, 0.5) is 5.95 Å². The topological polar surface area (TPSA) is 64.7 Å². The molecule has 2 rings (SSSR count). The summed E-state index contributed by atoms with van der Waals surface area (Å²) in [5, 5.41) is 0.425. The Kier molecular flexibility index (Phi) is 3.41. The van der Waals surface area contributed by atoms with Gasteiger partial charge in [-0.3, -0.25) is 0 Å². The van der Waals surface area contributed by atoms with Crippen molar-refractivity contribution in [2.75, 3.05) is 11.5 Å². The third-order valence-electron chi connectivity index (χ3n) is 2.50. The van der Waals surface area contributed by atoms with Gasteiger partial charge in [0.25, 0.3) is 0 Å². The van der Waals surface area contributed by atoms with E-state index in [1.54, 1.807) is 0 Å². The zero-order chi connectivity index (χ0) is 10.7. The predicted octanol–water partition coefficient (Wildman–Crippen LogP) is 1.97. The van der Waals surface area contributed by atoms with Gasteiger partial charge in [0.2, 0.25) is 5.95 Å². The minimum Gasteiger partial charge on any atom is -0.368 e. The number of aryl methyl sites for hydroxylation is 1.